The molecule has 0 saturated carbocycles. The first-order chi connectivity index (χ1) is 45.6. The topological polar surface area (TPSA) is 9.86 Å². The third-order valence-electron chi connectivity index (χ3n) is 20.4. The average molecular weight is 1190 g/mol. The highest BCUT2D eigenvalue weighted by molar-refractivity contribution is 6.32. The van der Waals surface area contributed by atoms with Crippen LogP contribution in [0.25, 0.3) is 144 Å². The number of aromatic nitrogens is 2. The maximum Gasteiger partial charge on any atom is 0.0543 e. The molecule has 0 unspecified atom stereocenters. The van der Waals surface area contributed by atoms with Crippen molar-refractivity contribution in [2.24, 2.45) is 0 Å². The predicted octanol–water partition coefficient (Wildman–Crippen LogP) is 24.6. The monoisotopic (exact) mass is 1190 g/mol. The van der Waals surface area contributed by atoms with Gasteiger partial charge in [0.05, 0.1) is 27.9 Å². The van der Waals surface area contributed by atoms with Crippen LogP contribution in [0.2, 0.25) is 0 Å². The minimum Gasteiger partial charge on any atom is -0.309 e. The fourth-order valence-corrected chi connectivity index (χ4v) is 15.9. The smallest absolute Gasteiger partial charge is 0.0543 e. The Hall–Kier alpha value is -11.3. The first-order valence-electron chi connectivity index (χ1n) is 32.7. The molecule has 17 rings (SSSR count). The first kappa shape index (κ1) is 55.7. The molecule has 0 amide bonds. The van der Waals surface area contributed by atoms with E-state index in [9.17, 15) is 0 Å². The number of benzene rings is 13. The molecule has 93 heavy (non-hydrogen) atoms. The molecular weight excluding hydrogens is 1120 g/mol. The van der Waals surface area contributed by atoms with E-state index in [1.54, 1.807) is 0 Å². The quantitative estimate of drug-likeness (QED) is 0.134. The Morgan fingerprint density at radius 3 is 1.17 bits per heavy atom. The van der Waals surface area contributed by atoms with Gasteiger partial charge in [-0.05, 0) is 178 Å². The molecule has 15 aromatic rings. The minimum atomic E-state index is -0.241. The van der Waals surface area contributed by atoms with Gasteiger partial charge in [0.2, 0.25) is 0 Å². The molecular formula is C91H68N2. The van der Waals surface area contributed by atoms with Gasteiger partial charge in [0, 0.05) is 43.8 Å². The van der Waals surface area contributed by atoms with Gasteiger partial charge in [0.15, 0.2) is 0 Å². The molecule has 13 aromatic carbocycles. The summed E-state index contributed by atoms with van der Waals surface area (Å²) in [5.41, 5.74) is 25.7. The van der Waals surface area contributed by atoms with Crippen molar-refractivity contribution in [3.63, 3.8) is 0 Å². The molecule has 0 N–H and O–H groups in total. The van der Waals surface area contributed by atoms with Crippen LogP contribution >= 0.6 is 0 Å². The Balaban J connectivity index is 1.16. The average Bonchev–Trinajstić information content (AvgIpc) is 1.60. The summed E-state index contributed by atoms with van der Waals surface area (Å²) >= 11 is 0. The lowest BCUT2D eigenvalue weighted by atomic mass is 9.82. The second-order valence-electron chi connectivity index (χ2n) is 26.2. The summed E-state index contributed by atoms with van der Waals surface area (Å²) in [4.78, 5) is 0. The Labute approximate surface area is 544 Å². The van der Waals surface area contributed by atoms with Crippen molar-refractivity contribution in [2.45, 2.75) is 45.4 Å². The molecule has 2 aromatic heterocycles. The summed E-state index contributed by atoms with van der Waals surface area (Å²) in [7, 11) is 0. The SMILES string of the molecule is C/C=C(\C=C/c1cc2cccc3c4cc(-c5ccccc5)ccc4n(-c4cccc5c4-c4ccccc4C5(C)C)c4ccc(-c5ccccc5)cc4c4cccc(c5cc(-c6ccccc6)ccc5n1-c1cccc5c1-c1ccccc1C5(C)C)c4c23)c1ccccc1. The third-order valence-corrected chi connectivity index (χ3v) is 20.4. The van der Waals surface area contributed by atoms with E-state index in [2.05, 4.69) is 365 Å². The molecule has 2 heterocycles. The molecule has 0 radical (unpaired) electrons. The summed E-state index contributed by atoms with van der Waals surface area (Å²) < 4.78 is 5.22. The van der Waals surface area contributed by atoms with Gasteiger partial charge < -0.3 is 9.13 Å². The maximum absolute atomic E-state index is 2.63. The summed E-state index contributed by atoms with van der Waals surface area (Å²) in [6.45, 7) is 11.7. The van der Waals surface area contributed by atoms with Crippen LogP contribution in [0.3, 0.4) is 0 Å². The summed E-state index contributed by atoms with van der Waals surface area (Å²) in [6.07, 6.45) is 6.96. The summed E-state index contributed by atoms with van der Waals surface area (Å²) in [6, 6.07) is 114. The van der Waals surface area contributed by atoms with Crippen LogP contribution in [0, 0.1) is 0 Å². The zero-order valence-electron chi connectivity index (χ0n) is 53.0. The highest BCUT2D eigenvalue weighted by atomic mass is 15.0. The molecule has 442 valence electrons. The van der Waals surface area contributed by atoms with E-state index in [-0.39, 0.29) is 10.8 Å². The summed E-state index contributed by atoms with van der Waals surface area (Å²) in [5.74, 6) is 0. The Morgan fingerprint density at radius 1 is 0.312 bits per heavy atom. The normalized spacial score (nSPS) is 13.6. The zero-order valence-corrected chi connectivity index (χ0v) is 53.0. The van der Waals surface area contributed by atoms with Crippen LogP contribution in [0.15, 0.2) is 315 Å². The van der Waals surface area contributed by atoms with Crippen molar-refractivity contribution in [1.29, 1.82) is 0 Å². The molecule has 0 saturated heterocycles. The fraction of sp³-hybridized carbons (Fsp3) is 0.0769. The number of allylic oxidation sites excluding steroid dienone is 3. The van der Waals surface area contributed by atoms with E-state index in [0.29, 0.717) is 0 Å². The largest absolute Gasteiger partial charge is 0.309 e. The zero-order chi connectivity index (χ0) is 62.5. The molecule has 0 atom stereocenters. The molecule has 2 nitrogen and oxygen atoms in total. The second kappa shape index (κ2) is 22.0. The molecule has 0 fully saturated rings. The Bertz CT molecular complexity index is 5720. The Morgan fingerprint density at radius 2 is 0.699 bits per heavy atom. The lowest BCUT2D eigenvalue weighted by Crippen LogP contribution is -2.15. The second-order valence-corrected chi connectivity index (χ2v) is 26.2. The van der Waals surface area contributed by atoms with Crippen LogP contribution in [0.5, 0.6) is 0 Å². The molecule has 0 bridgehead atoms. The van der Waals surface area contributed by atoms with Crippen molar-refractivity contribution >= 4 is 76.7 Å². The van der Waals surface area contributed by atoms with Crippen molar-refractivity contribution in [3.8, 4) is 67.0 Å². The van der Waals surface area contributed by atoms with Gasteiger partial charge in [0.25, 0.3) is 0 Å². The predicted molar refractivity (Wildman–Crippen MR) is 397 cm³/mol. The molecule has 0 spiro atoms. The van der Waals surface area contributed by atoms with Gasteiger partial charge in [0.1, 0.15) is 0 Å². The van der Waals surface area contributed by atoms with Crippen molar-refractivity contribution < 1.29 is 0 Å². The van der Waals surface area contributed by atoms with Crippen LogP contribution in [0.4, 0.5) is 0 Å². The highest BCUT2D eigenvalue weighted by Crippen LogP contribution is 2.54. The van der Waals surface area contributed by atoms with Crippen LogP contribution in [0.1, 0.15) is 68.1 Å². The van der Waals surface area contributed by atoms with Crippen molar-refractivity contribution in [1.82, 2.24) is 9.13 Å². The lowest BCUT2D eigenvalue weighted by molar-refractivity contribution is 0.660. The maximum atomic E-state index is 2.63. The van der Waals surface area contributed by atoms with Gasteiger partial charge in [-0.2, -0.15) is 0 Å². The van der Waals surface area contributed by atoms with E-state index in [1.807, 2.05) is 0 Å². The van der Waals surface area contributed by atoms with Crippen molar-refractivity contribution in [3.05, 3.63) is 349 Å². The van der Waals surface area contributed by atoms with E-state index < -0.39 is 0 Å². The van der Waals surface area contributed by atoms with E-state index in [1.165, 1.54) is 55.3 Å². The highest BCUT2D eigenvalue weighted by Gasteiger charge is 2.39. The first-order valence-corrected chi connectivity index (χ1v) is 32.7. The van der Waals surface area contributed by atoms with E-state index in [4.69, 9.17) is 0 Å². The lowest BCUT2D eigenvalue weighted by Gasteiger charge is -2.22. The van der Waals surface area contributed by atoms with Gasteiger partial charge >= 0.3 is 0 Å². The van der Waals surface area contributed by atoms with Crippen LogP contribution < -0.4 is 0 Å². The molecule has 2 aliphatic rings. The number of rotatable bonds is 8. The minimum absolute atomic E-state index is 0.231. The molecule has 0 aliphatic heterocycles. The molecule has 2 heteroatoms. The van der Waals surface area contributed by atoms with Crippen LogP contribution in [-0.2, 0) is 10.8 Å². The summed E-state index contributed by atoms with van der Waals surface area (Å²) in [5, 5.41) is 10.3. The third kappa shape index (κ3) is 8.92. The van der Waals surface area contributed by atoms with Gasteiger partial charge in [-0.3, -0.25) is 0 Å². The fourth-order valence-electron chi connectivity index (χ4n) is 15.9. The van der Waals surface area contributed by atoms with E-state index in [0.717, 1.165) is 116 Å². The number of nitrogens with zero attached hydrogens (tertiary/aromatic N) is 2. The number of fused-ring (bicyclic) bond motifs is 12. The van der Waals surface area contributed by atoms with Crippen LogP contribution in [-0.4, -0.2) is 9.13 Å². The van der Waals surface area contributed by atoms with Gasteiger partial charge in [-0.15, -0.1) is 0 Å². The van der Waals surface area contributed by atoms with E-state index >= 15 is 0 Å². The number of hydrogen-bond acceptors (Lipinski definition) is 0. The van der Waals surface area contributed by atoms with Crippen molar-refractivity contribution in [2.75, 3.05) is 0 Å². The molecule has 2 aliphatic carbocycles. The number of hydrogen-bond donors (Lipinski definition) is 0. The van der Waals surface area contributed by atoms with Gasteiger partial charge in [-0.25, -0.2) is 0 Å². The standard InChI is InChI=1S/C91H68N2/c1-6-59(60-27-11-7-12-28-60)47-51-68-55-67-35-23-38-69-74-56-65(62-31-15-9-16-32-62)49-53-82(74)93(85-46-26-44-80-89(85)73-37-20-22-42-78(73)91(80,4)5)83-54-50-66(63-33-17-10-18-34-63)58-76(83)71-40-24-39-70(87(71)86(67)69)75-57-64(61-29-13-8-14-30-61)48-52-81(75)92(68)84-45-25-43-79-88(84)72-36-19-21-41-77(72)90(79,2)3/h6-58H,1-5H3/b51-47-,59-6+,68-55?. The van der Waals surface area contributed by atoms with Gasteiger partial charge in [-0.1, -0.05) is 289 Å². The Kier molecular flexibility index (Phi) is 13.2.